The van der Waals surface area contributed by atoms with Gasteiger partial charge in [-0.2, -0.15) is 0 Å². The summed E-state index contributed by atoms with van der Waals surface area (Å²) in [5.41, 5.74) is 8.62. The summed E-state index contributed by atoms with van der Waals surface area (Å²) in [6.07, 6.45) is 0. The van der Waals surface area contributed by atoms with Crippen molar-refractivity contribution in [1.29, 1.82) is 0 Å². The van der Waals surface area contributed by atoms with E-state index in [0.29, 0.717) is 17.9 Å². The van der Waals surface area contributed by atoms with Gasteiger partial charge in [0.05, 0.1) is 12.2 Å². The topological polar surface area (TPSA) is 52.3 Å². The standard InChI is InChI=1S/C11H14BrNO2/c1-4-15-11(14)9-6(2)5-8(12)10(13)7(9)3/h5H,4,13H2,1-3H3. The van der Waals surface area contributed by atoms with Crippen molar-refractivity contribution in [3.8, 4) is 0 Å². The van der Waals surface area contributed by atoms with Crippen LogP contribution in [0.2, 0.25) is 0 Å². The van der Waals surface area contributed by atoms with Crippen LogP contribution in [0.15, 0.2) is 10.5 Å². The molecule has 0 unspecified atom stereocenters. The lowest BCUT2D eigenvalue weighted by atomic mass is 10.0. The Morgan fingerprint density at radius 1 is 1.53 bits per heavy atom. The molecule has 1 aromatic carbocycles. The highest BCUT2D eigenvalue weighted by atomic mass is 79.9. The van der Waals surface area contributed by atoms with Crippen molar-refractivity contribution in [2.45, 2.75) is 20.8 Å². The highest BCUT2D eigenvalue weighted by Crippen LogP contribution is 2.29. The molecular formula is C11H14BrNO2. The van der Waals surface area contributed by atoms with Crippen molar-refractivity contribution in [3.63, 3.8) is 0 Å². The van der Waals surface area contributed by atoms with Gasteiger partial charge in [-0.05, 0) is 53.9 Å². The molecule has 0 amide bonds. The van der Waals surface area contributed by atoms with E-state index in [1.165, 1.54) is 0 Å². The lowest BCUT2D eigenvalue weighted by molar-refractivity contribution is 0.0524. The molecule has 0 bridgehead atoms. The lowest BCUT2D eigenvalue weighted by Crippen LogP contribution is -2.10. The predicted molar refractivity (Wildman–Crippen MR) is 64.0 cm³/mol. The molecule has 0 saturated carbocycles. The van der Waals surface area contributed by atoms with E-state index in [-0.39, 0.29) is 5.97 Å². The number of halogens is 1. The summed E-state index contributed by atoms with van der Waals surface area (Å²) in [6, 6.07) is 1.83. The first-order valence-electron chi connectivity index (χ1n) is 4.71. The summed E-state index contributed by atoms with van der Waals surface area (Å²) in [6.45, 7) is 5.83. The molecule has 0 heterocycles. The van der Waals surface area contributed by atoms with E-state index in [1.807, 2.05) is 19.9 Å². The maximum Gasteiger partial charge on any atom is 0.338 e. The van der Waals surface area contributed by atoms with E-state index in [2.05, 4.69) is 15.9 Å². The molecule has 4 heteroatoms. The number of carbonyl (C=O) groups is 1. The van der Waals surface area contributed by atoms with Crippen LogP contribution in [0, 0.1) is 13.8 Å². The van der Waals surface area contributed by atoms with Gasteiger partial charge in [-0.25, -0.2) is 4.79 Å². The highest BCUT2D eigenvalue weighted by Gasteiger charge is 2.16. The van der Waals surface area contributed by atoms with Crippen LogP contribution in [0.25, 0.3) is 0 Å². The second-order valence-corrected chi connectivity index (χ2v) is 4.16. The zero-order valence-electron chi connectivity index (χ0n) is 9.06. The van der Waals surface area contributed by atoms with Crippen LogP contribution >= 0.6 is 15.9 Å². The smallest absolute Gasteiger partial charge is 0.338 e. The molecule has 0 saturated heterocycles. The molecule has 82 valence electrons. The molecule has 1 rings (SSSR count). The van der Waals surface area contributed by atoms with E-state index in [1.54, 1.807) is 6.92 Å². The Morgan fingerprint density at radius 2 is 2.13 bits per heavy atom. The van der Waals surface area contributed by atoms with Crippen molar-refractivity contribution in [2.24, 2.45) is 0 Å². The molecule has 0 atom stereocenters. The SMILES string of the molecule is CCOC(=O)c1c(C)cc(Br)c(N)c1C. The van der Waals surface area contributed by atoms with Gasteiger partial charge >= 0.3 is 5.97 Å². The highest BCUT2D eigenvalue weighted by molar-refractivity contribution is 9.10. The number of anilines is 1. The van der Waals surface area contributed by atoms with Crippen LogP contribution in [0.3, 0.4) is 0 Å². The molecule has 0 fully saturated rings. The van der Waals surface area contributed by atoms with Crippen molar-refractivity contribution >= 4 is 27.6 Å². The Balaban J connectivity index is 3.29. The predicted octanol–water partition coefficient (Wildman–Crippen LogP) is 2.82. The number of benzene rings is 1. The molecule has 0 spiro atoms. The number of rotatable bonds is 2. The second kappa shape index (κ2) is 4.66. The van der Waals surface area contributed by atoms with E-state index in [0.717, 1.165) is 15.6 Å². The van der Waals surface area contributed by atoms with Crippen LogP contribution in [-0.2, 0) is 4.74 Å². The number of ether oxygens (including phenoxy) is 1. The van der Waals surface area contributed by atoms with Crippen molar-refractivity contribution in [2.75, 3.05) is 12.3 Å². The van der Waals surface area contributed by atoms with Gasteiger partial charge in [0.2, 0.25) is 0 Å². The number of carbonyl (C=O) groups excluding carboxylic acids is 1. The Kier molecular flexibility index (Phi) is 3.74. The first kappa shape index (κ1) is 12.0. The molecule has 3 nitrogen and oxygen atoms in total. The van der Waals surface area contributed by atoms with Gasteiger partial charge in [0.1, 0.15) is 0 Å². The Labute approximate surface area is 97.7 Å². The average molecular weight is 272 g/mol. The van der Waals surface area contributed by atoms with E-state index >= 15 is 0 Å². The fourth-order valence-electron chi connectivity index (χ4n) is 1.47. The van der Waals surface area contributed by atoms with Crippen molar-refractivity contribution < 1.29 is 9.53 Å². The van der Waals surface area contributed by atoms with Gasteiger partial charge in [0.25, 0.3) is 0 Å². The Hall–Kier alpha value is -1.03. The fraction of sp³-hybridized carbons (Fsp3) is 0.364. The number of hydrogen-bond donors (Lipinski definition) is 1. The summed E-state index contributed by atoms with van der Waals surface area (Å²) in [5, 5.41) is 0. The molecule has 15 heavy (non-hydrogen) atoms. The van der Waals surface area contributed by atoms with E-state index in [4.69, 9.17) is 10.5 Å². The second-order valence-electron chi connectivity index (χ2n) is 3.31. The van der Waals surface area contributed by atoms with Crippen LogP contribution in [-0.4, -0.2) is 12.6 Å². The maximum atomic E-state index is 11.7. The summed E-state index contributed by atoms with van der Waals surface area (Å²) in [5.74, 6) is -0.313. The fourth-order valence-corrected chi connectivity index (χ4v) is 2.11. The summed E-state index contributed by atoms with van der Waals surface area (Å²) >= 11 is 3.34. The largest absolute Gasteiger partial charge is 0.462 e. The average Bonchev–Trinajstić information content (AvgIpc) is 2.15. The minimum atomic E-state index is -0.313. The van der Waals surface area contributed by atoms with Gasteiger partial charge in [-0.15, -0.1) is 0 Å². The van der Waals surface area contributed by atoms with E-state index in [9.17, 15) is 4.79 Å². The number of aryl methyl sites for hydroxylation is 1. The van der Waals surface area contributed by atoms with Crippen LogP contribution in [0.5, 0.6) is 0 Å². The molecule has 0 aliphatic heterocycles. The van der Waals surface area contributed by atoms with Gasteiger partial charge in [-0.3, -0.25) is 0 Å². The van der Waals surface area contributed by atoms with Gasteiger partial charge in [-0.1, -0.05) is 0 Å². The summed E-state index contributed by atoms with van der Waals surface area (Å²) in [4.78, 5) is 11.7. The maximum absolute atomic E-state index is 11.7. The van der Waals surface area contributed by atoms with Crippen LogP contribution < -0.4 is 5.73 Å². The number of hydrogen-bond acceptors (Lipinski definition) is 3. The molecule has 0 aromatic heterocycles. The number of nitrogens with two attached hydrogens (primary N) is 1. The van der Waals surface area contributed by atoms with Gasteiger partial charge in [0, 0.05) is 10.2 Å². The monoisotopic (exact) mass is 271 g/mol. The van der Waals surface area contributed by atoms with Gasteiger partial charge in [0.15, 0.2) is 0 Å². The third-order valence-corrected chi connectivity index (χ3v) is 2.91. The van der Waals surface area contributed by atoms with Crippen LogP contribution in [0.1, 0.15) is 28.4 Å². The summed E-state index contributed by atoms with van der Waals surface area (Å²) < 4.78 is 5.79. The number of esters is 1. The Morgan fingerprint density at radius 3 is 2.67 bits per heavy atom. The normalized spacial score (nSPS) is 10.1. The third-order valence-electron chi connectivity index (χ3n) is 2.25. The summed E-state index contributed by atoms with van der Waals surface area (Å²) in [7, 11) is 0. The first-order valence-corrected chi connectivity index (χ1v) is 5.50. The zero-order valence-corrected chi connectivity index (χ0v) is 10.6. The van der Waals surface area contributed by atoms with E-state index < -0.39 is 0 Å². The van der Waals surface area contributed by atoms with Crippen LogP contribution in [0.4, 0.5) is 5.69 Å². The molecule has 0 aliphatic carbocycles. The Bertz CT molecular complexity index is 402. The first-order chi connectivity index (χ1) is 6.99. The minimum Gasteiger partial charge on any atom is -0.462 e. The number of nitrogen functional groups attached to an aromatic ring is 1. The molecular weight excluding hydrogens is 258 g/mol. The van der Waals surface area contributed by atoms with Crippen molar-refractivity contribution in [1.82, 2.24) is 0 Å². The third kappa shape index (κ3) is 2.31. The lowest BCUT2D eigenvalue weighted by Gasteiger charge is -2.12. The molecule has 1 aromatic rings. The van der Waals surface area contributed by atoms with Crippen molar-refractivity contribution in [3.05, 3.63) is 27.2 Å². The minimum absolute atomic E-state index is 0.313. The zero-order chi connectivity index (χ0) is 11.6. The molecule has 0 radical (unpaired) electrons. The molecule has 0 aliphatic rings. The van der Waals surface area contributed by atoms with Gasteiger partial charge < -0.3 is 10.5 Å². The molecule has 2 N–H and O–H groups in total. The quantitative estimate of drug-likeness (QED) is 0.665.